The van der Waals surface area contributed by atoms with E-state index in [1.165, 1.54) is 5.56 Å². The van der Waals surface area contributed by atoms with Crippen LogP contribution in [0.1, 0.15) is 5.56 Å². The van der Waals surface area contributed by atoms with E-state index in [1.54, 1.807) is 10.9 Å². The second-order valence-corrected chi connectivity index (χ2v) is 5.58. The molecule has 0 fully saturated rings. The van der Waals surface area contributed by atoms with E-state index in [-0.39, 0.29) is 0 Å². The molecule has 3 rings (SSSR count). The summed E-state index contributed by atoms with van der Waals surface area (Å²) in [7, 11) is 1.87. The van der Waals surface area contributed by atoms with Crippen molar-refractivity contribution in [1.82, 2.24) is 19.6 Å². The van der Waals surface area contributed by atoms with Crippen LogP contribution >= 0.6 is 15.9 Å². The summed E-state index contributed by atoms with van der Waals surface area (Å²) in [6, 6.07) is 8.14. The highest BCUT2D eigenvalue weighted by atomic mass is 79.9. The molecule has 2 aromatic heterocycles. The predicted octanol–water partition coefficient (Wildman–Crippen LogP) is 2.68. The molecule has 0 saturated carbocycles. The average molecular weight is 332 g/mol. The molecule has 0 bridgehead atoms. The Morgan fingerprint density at radius 1 is 1.30 bits per heavy atom. The highest BCUT2D eigenvalue weighted by molar-refractivity contribution is 9.10. The highest BCUT2D eigenvalue weighted by Gasteiger charge is 2.10. The predicted molar refractivity (Wildman–Crippen MR) is 82.1 cm³/mol. The van der Waals surface area contributed by atoms with Gasteiger partial charge in [0.25, 0.3) is 0 Å². The van der Waals surface area contributed by atoms with E-state index in [9.17, 15) is 0 Å². The first kappa shape index (κ1) is 12.9. The Kier molecular flexibility index (Phi) is 3.31. The van der Waals surface area contributed by atoms with Gasteiger partial charge in [0, 0.05) is 29.5 Å². The molecule has 0 saturated heterocycles. The quantitative estimate of drug-likeness (QED) is 0.802. The third-order valence-electron chi connectivity index (χ3n) is 3.00. The number of anilines is 1. The van der Waals surface area contributed by atoms with Crippen LogP contribution in [0.4, 0.5) is 5.69 Å². The summed E-state index contributed by atoms with van der Waals surface area (Å²) in [5.41, 5.74) is 9.56. The molecule has 20 heavy (non-hydrogen) atoms. The first-order chi connectivity index (χ1) is 9.61. The van der Waals surface area contributed by atoms with Crippen molar-refractivity contribution in [1.29, 1.82) is 0 Å². The molecular formula is C14H14BrN5. The number of rotatable bonds is 3. The maximum Gasteiger partial charge on any atom is 0.118 e. The number of aryl methyl sites for hydroxylation is 1. The van der Waals surface area contributed by atoms with E-state index in [0.29, 0.717) is 12.2 Å². The van der Waals surface area contributed by atoms with Gasteiger partial charge >= 0.3 is 0 Å². The molecular weight excluding hydrogens is 318 g/mol. The maximum atomic E-state index is 6.04. The summed E-state index contributed by atoms with van der Waals surface area (Å²) in [5, 5.41) is 8.69. The Hall–Kier alpha value is -2.08. The van der Waals surface area contributed by atoms with Gasteiger partial charge in [-0.05, 0) is 17.7 Å². The molecule has 3 aromatic rings. The van der Waals surface area contributed by atoms with Crippen molar-refractivity contribution in [2.24, 2.45) is 7.05 Å². The van der Waals surface area contributed by atoms with Crippen LogP contribution in [0.2, 0.25) is 0 Å². The number of aromatic nitrogens is 4. The Labute approximate surface area is 125 Å². The van der Waals surface area contributed by atoms with Gasteiger partial charge in [-0.15, -0.1) is 0 Å². The molecule has 6 heteroatoms. The average Bonchev–Trinajstić information content (AvgIpc) is 2.96. The van der Waals surface area contributed by atoms with Crippen molar-refractivity contribution >= 4 is 21.6 Å². The van der Waals surface area contributed by atoms with Gasteiger partial charge in [-0.25, -0.2) is 0 Å². The van der Waals surface area contributed by atoms with Crippen molar-refractivity contribution < 1.29 is 0 Å². The van der Waals surface area contributed by atoms with Crippen LogP contribution in [-0.2, 0) is 13.6 Å². The minimum Gasteiger partial charge on any atom is -0.396 e. The van der Waals surface area contributed by atoms with Crippen molar-refractivity contribution in [3.63, 3.8) is 0 Å². The number of hydrogen-bond acceptors (Lipinski definition) is 3. The molecule has 0 radical (unpaired) electrons. The van der Waals surface area contributed by atoms with Crippen molar-refractivity contribution in [2.45, 2.75) is 6.54 Å². The fraction of sp³-hybridized carbons (Fsp3) is 0.143. The van der Waals surface area contributed by atoms with Crippen molar-refractivity contribution in [3.05, 3.63) is 52.9 Å². The molecule has 0 aliphatic carbocycles. The van der Waals surface area contributed by atoms with Crippen LogP contribution in [-0.4, -0.2) is 19.6 Å². The summed E-state index contributed by atoms with van der Waals surface area (Å²) in [6.07, 6.45) is 5.52. The topological polar surface area (TPSA) is 61.7 Å². The minimum absolute atomic E-state index is 0.660. The van der Waals surface area contributed by atoms with E-state index in [4.69, 9.17) is 5.73 Å². The van der Waals surface area contributed by atoms with Gasteiger partial charge in [-0.3, -0.25) is 9.36 Å². The summed E-state index contributed by atoms with van der Waals surface area (Å²) in [4.78, 5) is 0. The Morgan fingerprint density at radius 3 is 2.85 bits per heavy atom. The Morgan fingerprint density at radius 2 is 2.15 bits per heavy atom. The van der Waals surface area contributed by atoms with Gasteiger partial charge in [0.05, 0.1) is 18.4 Å². The van der Waals surface area contributed by atoms with Crippen LogP contribution in [0, 0.1) is 0 Å². The lowest BCUT2D eigenvalue weighted by Gasteiger charge is -2.02. The second-order valence-electron chi connectivity index (χ2n) is 4.66. The summed E-state index contributed by atoms with van der Waals surface area (Å²) in [6.45, 7) is 0.684. The molecule has 102 valence electrons. The summed E-state index contributed by atoms with van der Waals surface area (Å²) >= 11 is 3.47. The largest absolute Gasteiger partial charge is 0.396 e. The molecule has 0 unspecified atom stereocenters. The van der Waals surface area contributed by atoms with Gasteiger partial charge in [0.1, 0.15) is 5.69 Å². The monoisotopic (exact) mass is 331 g/mol. The smallest absolute Gasteiger partial charge is 0.118 e. The first-order valence-electron chi connectivity index (χ1n) is 6.18. The van der Waals surface area contributed by atoms with Crippen LogP contribution in [0.25, 0.3) is 11.3 Å². The molecule has 2 N–H and O–H groups in total. The van der Waals surface area contributed by atoms with Gasteiger partial charge in [-0.2, -0.15) is 10.2 Å². The lowest BCUT2D eigenvalue weighted by Crippen LogP contribution is -2.00. The van der Waals surface area contributed by atoms with Gasteiger partial charge in [0.15, 0.2) is 0 Å². The Bertz CT molecular complexity index is 744. The van der Waals surface area contributed by atoms with E-state index in [1.807, 2.05) is 36.3 Å². The summed E-state index contributed by atoms with van der Waals surface area (Å²) < 4.78 is 4.64. The number of hydrogen-bond donors (Lipinski definition) is 1. The van der Waals surface area contributed by atoms with Crippen LogP contribution < -0.4 is 5.73 Å². The van der Waals surface area contributed by atoms with Crippen LogP contribution in [0.5, 0.6) is 0 Å². The number of nitrogens with zero attached hydrogens (tertiary/aromatic N) is 4. The van der Waals surface area contributed by atoms with E-state index in [2.05, 4.69) is 38.3 Å². The molecule has 1 aromatic carbocycles. The summed E-state index contributed by atoms with van der Waals surface area (Å²) in [5.74, 6) is 0. The van der Waals surface area contributed by atoms with E-state index < -0.39 is 0 Å². The molecule has 0 spiro atoms. The molecule has 0 aliphatic heterocycles. The number of benzene rings is 1. The number of nitrogen functional groups attached to an aromatic ring is 1. The number of halogens is 1. The standard InChI is InChI=1S/C14H14BrN5/c1-19-8-11(6-17-19)14-13(16)9-20(18-14)7-10-3-2-4-12(15)5-10/h2-6,8-9H,7,16H2,1H3. The van der Waals surface area contributed by atoms with Crippen molar-refractivity contribution in [2.75, 3.05) is 5.73 Å². The second kappa shape index (κ2) is 5.13. The first-order valence-corrected chi connectivity index (χ1v) is 6.97. The van der Waals surface area contributed by atoms with E-state index >= 15 is 0 Å². The van der Waals surface area contributed by atoms with Crippen molar-refractivity contribution in [3.8, 4) is 11.3 Å². The minimum atomic E-state index is 0.660. The zero-order chi connectivity index (χ0) is 14.1. The molecule has 5 nitrogen and oxygen atoms in total. The fourth-order valence-electron chi connectivity index (χ4n) is 2.11. The molecule has 2 heterocycles. The zero-order valence-corrected chi connectivity index (χ0v) is 12.6. The van der Waals surface area contributed by atoms with Gasteiger partial charge < -0.3 is 5.73 Å². The third-order valence-corrected chi connectivity index (χ3v) is 3.50. The van der Waals surface area contributed by atoms with Gasteiger partial charge in [-0.1, -0.05) is 28.1 Å². The van der Waals surface area contributed by atoms with Crippen LogP contribution in [0.15, 0.2) is 47.3 Å². The molecule has 0 amide bonds. The normalized spacial score (nSPS) is 10.9. The number of nitrogens with two attached hydrogens (primary N) is 1. The van der Waals surface area contributed by atoms with Gasteiger partial charge in [0.2, 0.25) is 0 Å². The fourth-order valence-corrected chi connectivity index (χ4v) is 2.55. The third kappa shape index (κ3) is 2.60. The van der Waals surface area contributed by atoms with E-state index in [0.717, 1.165) is 15.7 Å². The highest BCUT2D eigenvalue weighted by Crippen LogP contribution is 2.23. The molecule has 0 aliphatic rings. The Balaban J connectivity index is 1.89. The maximum absolute atomic E-state index is 6.04. The molecule has 0 atom stereocenters. The zero-order valence-electron chi connectivity index (χ0n) is 11.0. The lowest BCUT2D eigenvalue weighted by atomic mass is 10.2. The SMILES string of the molecule is Cn1cc(-c2nn(Cc3cccc(Br)c3)cc2N)cn1. The lowest BCUT2D eigenvalue weighted by molar-refractivity contribution is 0.689. The van der Waals surface area contributed by atoms with Crippen LogP contribution in [0.3, 0.4) is 0 Å².